The number of aliphatic hydroxyl groups excluding tert-OH is 4. The van der Waals surface area contributed by atoms with Gasteiger partial charge in [-0.3, -0.25) is 9.59 Å². The predicted octanol–water partition coefficient (Wildman–Crippen LogP) is 0.663. The molecule has 1 heterocycles. The number of carbonyl (C=O) groups is 3. The molecule has 0 spiro atoms. The van der Waals surface area contributed by atoms with Gasteiger partial charge in [0.1, 0.15) is 30.7 Å². The van der Waals surface area contributed by atoms with E-state index in [1.165, 1.54) is 0 Å². The summed E-state index contributed by atoms with van der Waals surface area (Å²) in [7, 11) is 0. The Bertz CT molecular complexity index is 938. The monoisotopic (exact) mass is 524 g/mol. The number of Topliss-reactive ketones (excluding diaryl/α,β-unsaturated/α-hetero) is 2. The fourth-order valence-electron chi connectivity index (χ4n) is 9.15. The van der Waals surface area contributed by atoms with Crippen LogP contribution in [0.5, 0.6) is 0 Å². The molecule has 1 saturated heterocycles. The van der Waals surface area contributed by atoms with E-state index < -0.39 is 43.3 Å². The van der Waals surface area contributed by atoms with Crippen molar-refractivity contribution in [2.24, 2.45) is 40.4 Å². The van der Waals surface area contributed by atoms with E-state index in [0.29, 0.717) is 19.3 Å². The highest BCUT2D eigenvalue weighted by Gasteiger charge is 2.64. The number of ether oxygens (including phenoxy) is 2. The molecule has 0 aromatic rings. The first kappa shape index (κ1) is 27.1. The average molecular weight is 525 g/mol. The third-order valence-electron chi connectivity index (χ3n) is 11.0. The summed E-state index contributed by atoms with van der Waals surface area (Å²) in [5.74, 6) is -1.01. The van der Waals surface area contributed by atoms with Gasteiger partial charge in [0.15, 0.2) is 18.2 Å². The summed E-state index contributed by atoms with van der Waals surface area (Å²) in [6, 6.07) is 0. The number of aliphatic hydroxyl groups is 4. The van der Waals surface area contributed by atoms with Gasteiger partial charge in [-0.25, -0.2) is 4.79 Å². The highest BCUT2D eigenvalue weighted by molar-refractivity contribution is 5.88. The lowest BCUT2D eigenvalue weighted by atomic mass is 9.44. The van der Waals surface area contributed by atoms with E-state index in [2.05, 4.69) is 13.8 Å². The highest BCUT2D eigenvalue weighted by Crippen LogP contribution is 2.66. The van der Waals surface area contributed by atoms with E-state index in [1.807, 2.05) is 0 Å². The molecule has 0 unspecified atom stereocenters. The number of carboxylic acid groups (broad SMARTS) is 1. The van der Waals surface area contributed by atoms with Crippen LogP contribution in [-0.4, -0.2) is 86.5 Å². The van der Waals surface area contributed by atoms with Crippen LogP contribution in [0.4, 0.5) is 0 Å². The van der Waals surface area contributed by atoms with E-state index in [1.54, 1.807) is 0 Å². The summed E-state index contributed by atoms with van der Waals surface area (Å²) >= 11 is 0. The molecule has 13 atom stereocenters. The third kappa shape index (κ3) is 4.19. The topological polar surface area (TPSA) is 171 Å². The largest absolute Gasteiger partial charge is 0.479 e. The van der Waals surface area contributed by atoms with Gasteiger partial charge in [0.25, 0.3) is 0 Å². The Kier molecular flexibility index (Phi) is 7.07. The van der Waals surface area contributed by atoms with Gasteiger partial charge in [0.2, 0.25) is 0 Å². The van der Waals surface area contributed by atoms with Gasteiger partial charge in [-0.2, -0.15) is 0 Å². The smallest absolute Gasteiger partial charge is 0.335 e. The van der Waals surface area contributed by atoms with Crippen LogP contribution in [0.1, 0.15) is 65.2 Å². The Balaban J connectivity index is 1.29. The van der Waals surface area contributed by atoms with E-state index in [9.17, 15) is 39.9 Å². The lowest BCUT2D eigenvalue weighted by molar-refractivity contribution is -0.309. The van der Waals surface area contributed by atoms with E-state index in [4.69, 9.17) is 9.47 Å². The molecule has 0 bridgehead atoms. The Morgan fingerprint density at radius 2 is 1.73 bits per heavy atom. The quantitative estimate of drug-likeness (QED) is 0.322. The summed E-state index contributed by atoms with van der Waals surface area (Å²) in [6.07, 6.45) is -2.70. The molecule has 5 aliphatic rings. The number of aliphatic carboxylic acids is 1. The molecule has 1 aliphatic heterocycles. The van der Waals surface area contributed by atoms with Crippen LogP contribution in [0.25, 0.3) is 0 Å². The second-order valence-electron chi connectivity index (χ2n) is 12.7. The lowest BCUT2D eigenvalue weighted by Crippen LogP contribution is -2.61. The van der Waals surface area contributed by atoms with E-state index in [-0.39, 0.29) is 58.1 Å². The second kappa shape index (κ2) is 9.64. The van der Waals surface area contributed by atoms with Crippen molar-refractivity contribution in [3.63, 3.8) is 0 Å². The molecule has 5 fully saturated rings. The van der Waals surface area contributed by atoms with Crippen LogP contribution < -0.4 is 0 Å². The third-order valence-corrected chi connectivity index (χ3v) is 11.0. The number of hydrogen-bond donors (Lipinski definition) is 5. The van der Waals surface area contributed by atoms with Crippen molar-refractivity contribution in [1.29, 1.82) is 0 Å². The minimum absolute atomic E-state index is 0.0851. The molecule has 0 aromatic heterocycles. The molecule has 10 nitrogen and oxygen atoms in total. The highest BCUT2D eigenvalue weighted by atomic mass is 16.7. The number of fused-ring (bicyclic) bond motifs is 5. The molecule has 37 heavy (non-hydrogen) atoms. The molecule has 0 radical (unpaired) electrons. The SMILES string of the molecule is C[C@]12CC[C@@H](O[C@@H]3O[C@H](C(=O)O)[C@@H](O)[C@H](O)[C@H]3O)C[C@@H]1CC[C@@H]1[C@H]2C(=O)C[C@]2(C)[C@@H](C(=O)CO)CC[C@@H]12. The first-order chi connectivity index (χ1) is 17.4. The molecule has 5 N–H and O–H groups in total. The maximum Gasteiger partial charge on any atom is 0.335 e. The molecule has 208 valence electrons. The van der Waals surface area contributed by atoms with Gasteiger partial charge >= 0.3 is 5.97 Å². The summed E-state index contributed by atoms with van der Waals surface area (Å²) in [5.41, 5.74) is -0.603. The maximum atomic E-state index is 13.7. The zero-order chi connectivity index (χ0) is 26.9. The van der Waals surface area contributed by atoms with E-state index in [0.717, 1.165) is 32.1 Å². The fourth-order valence-corrected chi connectivity index (χ4v) is 9.15. The normalized spacial score (nSPS) is 51.6. The molecule has 4 aliphatic carbocycles. The van der Waals surface area contributed by atoms with Crippen molar-refractivity contribution in [2.75, 3.05) is 6.61 Å². The minimum Gasteiger partial charge on any atom is -0.479 e. The van der Waals surface area contributed by atoms with Crippen LogP contribution in [-0.2, 0) is 23.9 Å². The van der Waals surface area contributed by atoms with E-state index >= 15 is 0 Å². The first-order valence-electron chi connectivity index (χ1n) is 13.7. The Morgan fingerprint density at radius 3 is 2.41 bits per heavy atom. The number of carboxylic acids is 1. The average Bonchev–Trinajstić information content (AvgIpc) is 3.19. The number of rotatable bonds is 5. The van der Waals surface area contributed by atoms with Crippen molar-refractivity contribution in [3.8, 4) is 0 Å². The van der Waals surface area contributed by atoms with Gasteiger partial charge < -0.3 is 35.0 Å². The van der Waals surface area contributed by atoms with Gasteiger partial charge in [-0.15, -0.1) is 0 Å². The summed E-state index contributed by atoms with van der Waals surface area (Å²) in [6.45, 7) is 3.80. The Hall–Kier alpha value is -1.43. The molecular weight excluding hydrogens is 484 g/mol. The molecular formula is C27H40O10. The standard InChI is InChI=1S/C27H40O10/c1-26-8-7-13(36-25-22(33)20(31)21(32)23(37-25)24(34)35)9-12(26)3-4-14-15-5-6-16(18(30)11-28)27(15,2)10-17(29)19(14)26/h12-16,19-23,25,28,31-33H,3-11H2,1-2H3,(H,34,35)/t12-,13+,14-,15-,16+,19-,20-,21-,22+,23-,25+,26-,27-/m0/s1. The van der Waals surface area contributed by atoms with Crippen molar-refractivity contribution in [1.82, 2.24) is 0 Å². The number of ketones is 2. The van der Waals surface area contributed by atoms with Gasteiger partial charge in [-0.05, 0) is 73.5 Å². The van der Waals surface area contributed by atoms with Crippen LogP contribution in [0, 0.1) is 40.4 Å². The molecule has 0 aromatic carbocycles. The molecule has 10 heteroatoms. The summed E-state index contributed by atoms with van der Waals surface area (Å²) in [4.78, 5) is 37.7. The Morgan fingerprint density at radius 1 is 1.00 bits per heavy atom. The molecule has 4 saturated carbocycles. The zero-order valence-corrected chi connectivity index (χ0v) is 21.5. The lowest BCUT2D eigenvalue weighted by Gasteiger charge is -2.60. The summed E-state index contributed by atoms with van der Waals surface area (Å²) in [5, 5.41) is 49.2. The maximum absolute atomic E-state index is 13.7. The zero-order valence-electron chi connectivity index (χ0n) is 21.5. The van der Waals surface area contributed by atoms with Crippen LogP contribution in [0.3, 0.4) is 0 Å². The molecule has 5 rings (SSSR count). The minimum atomic E-state index is -1.76. The predicted molar refractivity (Wildman–Crippen MR) is 127 cm³/mol. The van der Waals surface area contributed by atoms with Gasteiger partial charge in [0.05, 0.1) is 6.10 Å². The molecule has 0 amide bonds. The van der Waals surface area contributed by atoms with Crippen LogP contribution >= 0.6 is 0 Å². The first-order valence-corrected chi connectivity index (χ1v) is 13.7. The van der Waals surface area contributed by atoms with Crippen molar-refractivity contribution >= 4 is 17.5 Å². The van der Waals surface area contributed by atoms with Crippen LogP contribution in [0.15, 0.2) is 0 Å². The van der Waals surface area contributed by atoms with Crippen LogP contribution in [0.2, 0.25) is 0 Å². The number of carbonyl (C=O) groups excluding carboxylic acids is 2. The van der Waals surface area contributed by atoms with Crippen molar-refractivity contribution in [3.05, 3.63) is 0 Å². The van der Waals surface area contributed by atoms with Gasteiger partial charge in [-0.1, -0.05) is 13.8 Å². The second-order valence-corrected chi connectivity index (χ2v) is 12.7. The Labute approximate surface area is 216 Å². The number of hydrogen-bond acceptors (Lipinski definition) is 9. The van der Waals surface area contributed by atoms with Crippen molar-refractivity contribution < 1.29 is 49.4 Å². The van der Waals surface area contributed by atoms with Crippen molar-refractivity contribution in [2.45, 2.75) is 102 Å². The van der Waals surface area contributed by atoms with Gasteiger partial charge in [0, 0.05) is 18.3 Å². The fraction of sp³-hybridized carbons (Fsp3) is 0.889. The summed E-state index contributed by atoms with van der Waals surface area (Å²) < 4.78 is 11.3.